The summed E-state index contributed by atoms with van der Waals surface area (Å²) < 4.78 is 11.5. The van der Waals surface area contributed by atoms with Gasteiger partial charge in [0.2, 0.25) is 0 Å². The Bertz CT molecular complexity index is 191. The molecule has 0 spiro atoms. The summed E-state index contributed by atoms with van der Waals surface area (Å²) >= 11 is 3.99. The summed E-state index contributed by atoms with van der Waals surface area (Å²) in [5, 5.41) is 0.675. The number of unbranched alkanes of at least 4 members (excludes halogenated alkanes) is 5. The third-order valence-corrected chi connectivity index (χ3v) is 5.66. The minimum atomic E-state index is 0.675. The number of rotatable bonds is 7. The van der Waals surface area contributed by atoms with Crippen LogP contribution in [0.3, 0.4) is 0 Å². The Hall–Kier alpha value is 0.620. The van der Waals surface area contributed by atoms with Crippen LogP contribution in [0.4, 0.5) is 0 Å². The van der Waals surface area contributed by atoms with Crippen molar-refractivity contribution < 1.29 is 9.47 Å². The predicted octanol–water partition coefficient (Wildman–Crippen LogP) is 4.62. The molecular weight excluding hydrogens is 288 g/mol. The molecule has 1 rings (SSSR count). The lowest BCUT2D eigenvalue weighted by molar-refractivity contribution is 0.146. The summed E-state index contributed by atoms with van der Waals surface area (Å²) in [6.07, 6.45) is 9.62. The van der Waals surface area contributed by atoms with Crippen LogP contribution in [0, 0.1) is 0 Å². The summed E-state index contributed by atoms with van der Waals surface area (Å²) in [4.78, 5) is 0. The lowest BCUT2D eigenvalue weighted by atomic mass is 10.1. The molecule has 4 heteroatoms. The minimum Gasteiger partial charge on any atom is -0.380 e. The molecule has 0 aromatic heterocycles. The molecule has 1 unspecified atom stereocenters. The average Bonchev–Trinajstić information content (AvgIpc) is 2.45. The average molecular weight is 321 g/mol. The molecule has 1 aliphatic heterocycles. The molecule has 0 aliphatic carbocycles. The number of hydrogen-bond acceptors (Lipinski definition) is 4. The predicted molar refractivity (Wildman–Crippen MR) is 93.2 cm³/mol. The van der Waals surface area contributed by atoms with E-state index in [-0.39, 0.29) is 0 Å². The normalized spacial score (nSPS) is 22.9. The number of thioether (sulfide) groups is 2. The van der Waals surface area contributed by atoms with Gasteiger partial charge in [0.25, 0.3) is 0 Å². The fourth-order valence-electron chi connectivity index (χ4n) is 2.30. The molecule has 0 bridgehead atoms. The van der Waals surface area contributed by atoms with Crippen LogP contribution >= 0.6 is 23.5 Å². The van der Waals surface area contributed by atoms with Crippen molar-refractivity contribution in [2.24, 2.45) is 0 Å². The first-order chi connectivity index (χ1) is 9.93. The van der Waals surface area contributed by atoms with Crippen molar-refractivity contribution >= 4 is 23.5 Å². The third-order valence-electron chi connectivity index (χ3n) is 3.51. The van der Waals surface area contributed by atoms with Crippen LogP contribution in [0.2, 0.25) is 0 Å². The lowest BCUT2D eigenvalue weighted by Gasteiger charge is -2.18. The number of hydrogen-bond donors (Lipinski definition) is 0. The summed E-state index contributed by atoms with van der Waals surface area (Å²) in [6.45, 7) is 5.91. The minimum absolute atomic E-state index is 0.675. The van der Waals surface area contributed by atoms with E-state index in [1.165, 1.54) is 44.9 Å². The highest BCUT2D eigenvalue weighted by Gasteiger charge is 2.10. The zero-order valence-corrected chi connectivity index (χ0v) is 14.7. The van der Waals surface area contributed by atoms with Gasteiger partial charge in [0.05, 0.1) is 26.4 Å². The van der Waals surface area contributed by atoms with Crippen molar-refractivity contribution in [2.45, 2.75) is 57.1 Å². The maximum absolute atomic E-state index is 5.83. The maximum Gasteiger partial charge on any atom is 0.0585 e. The van der Waals surface area contributed by atoms with Gasteiger partial charge in [-0.1, -0.05) is 45.4 Å². The first-order valence-corrected chi connectivity index (χ1v) is 10.5. The Morgan fingerprint density at radius 2 is 1.55 bits per heavy atom. The summed E-state index contributed by atoms with van der Waals surface area (Å²) in [5.74, 6) is 3.33. The van der Waals surface area contributed by atoms with E-state index in [0.29, 0.717) is 5.25 Å². The van der Waals surface area contributed by atoms with E-state index in [1.54, 1.807) is 0 Å². The second kappa shape index (κ2) is 14.6. The van der Waals surface area contributed by atoms with Gasteiger partial charge in [-0.15, -0.1) is 0 Å². The fraction of sp³-hybridized carbons (Fsp3) is 1.00. The second-order valence-corrected chi connectivity index (χ2v) is 7.98. The quantitative estimate of drug-likeness (QED) is 0.637. The van der Waals surface area contributed by atoms with E-state index in [0.717, 1.165) is 43.7 Å². The van der Waals surface area contributed by atoms with Gasteiger partial charge in [0, 0.05) is 22.5 Å². The standard InChI is InChI=1S/C16H32O2S2/c1-2-3-4-5-6-7-8-16-15-18-10-13-19-12-9-17-11-14-20-16/h16H,2-15H2,1H3. The van der Waals surface area contributed by atoms with E-state index in [2.05, 4.69) is 6.92 Å². The Morgan fingerprint density at radius 1 is 0.850 bits per heavy atom. The molecule has 2 nitrogen and oxygen atoms in total. The van der Waals surface area contributed by atoms with Gasteiger partial charge in [0.15, 0.2) is 0 Å². The monoisotopic (exact) mass is 320 g/mol. The van der Waals surface area contributed by atoms with Crippen LogP contribution in [0.25, 0.3) is 0 Å². The van der Waals surface area contributed by atoms with Crippen LogP contribution in [0.1, 0.15) is 51.9 Å². The van der Waals surface area contributed by atoms with Crippen LogP contribution in [0.15, 0.2) is 0 Å². The molecule has 1 atom stereocenters. The van der Waals surface area contributed by atoms with Gasteiger partial charge in [-0.25, -0.2) is 0 Å². The van der Waals surface area contributed by atoms with E-state index in [9.17, 15) is 0 Å². The van der Waals surface area contributed by atoms with Gasteiger partial charge in [0.1, 0.15) is 0 Å². The zero-order chi connectivity index (χ0) is 14.3. The largest absolute Gasteiger partial charge is 0.380 e. The van der Waals surface area contributed by atoms with Crippen LogP contribution in [-0.4, -0.2) is 48.9 Å². The van der Waals surface area contributed by atoms with Crippen molar-refractivity contribution in [3.05, 3.63) is 0 Å². The fourth-order valence-corrected chi connectivity index (χ4v) is 4.04. The summed E-state index contributed by atoms with van der Waals surface area (Å²) in [5.41, 5.74) is 0. The molecule has 0 aromatic carbocycles. The van der Waals surface area contributed by atoms with Crippen molar-refractivity contribution in [3.8, 4) is 0 Å². The zero-order valence-electron chi connectivity index (χ0n) is 13.1. The topological polar surface area (TPSA) is 18.5 Å². The SMILES string of the molecule is CCCCCCCCC1COCCSCCOCCS1. The van der Waals surface area contributed by atoms with Crippen LogP contribution in [0.5, 0.6) is 0 Å². The molecular formula is C16H32O2S2. The van der Waals surface area contributed by atoms with Gasteiger partial charge in [-0.05, 0) is 6.42 Å². The molecule has 1 aliphatic rings. The molecule has 0 saturated carbocycles. The Morgan fingerprint density at radius 3 is 2.40 bits per heavy atom. The highest BCUT2D eigenvalue weighted by Crippen LogP contribution is 2.20. The van der Waals surface area contributed by atoms with Gasteiger partial charge in [-0.3, -0.25) is 0 Å². The molecule has 120 valence electrons. The molecule has 0 aromatic rings. The molecule has 1 saturated heterocycles. The van der Waals surface area contributed by atoms with Gasteiger partial charge in [-0.2, -0.15) is 23.5 Å². The Labute approximate surface area is 134 Å². The van der Waals surface area contributed by atoms with E-state index < -0.39 is 0 Å². The smallest absolute Gasteiger partial charge is 0.0585 e. The Kier molecular flexibility index (Phi) is 13.6. The number of ether oxygens (including phenoxy) is 2. The van der Waals surface area contributed by atoms with Crippen molar-refractivity contribution in [1.29, 1.82) is 0 Å². The molecule has 20 heavy (non-hydrogen) atoms. The van der Waals surface area contributed by atoms with Gasteiger partial charge >= 0.3 is 0 Å². The third kappa shape index (κ3) is 11.3. The van der Waals surface area contributed by atoms with Crippen LogP contribution < -0.4 is 0 Å². The van der Waals surface area contributed by atoms with Crippen molar-refractivity contribution in [2.75, 3.05) is 43.7 Å². The summed E-state index contributed by atoms with van der Waals surface area (Å²) in [7, 11) is 0. The van der Waals surface area contributed by atoms with E-state index in [4.69, 9.17) is 9.47 Å². The Balaban J connectivity index is 2.08. The van der Waals surface area contributed by atoms with Gasteiger partial charge < -0.3 is 9.47 Å². The second-order valence-electron chi connectivity index (χ2n) is 5.35. The molecule has 0 amide bonds. The molecule has 0 radical (unpaired) electrons. The maximum atomic E-state index is 5.83. The van der Waals surface area contributed by atoms with Crippen LogP contribution in [-0.2, 0) is 9.47 Å². The van der Waals surface area contributed by atoms with E-state index in [1.807, 2.05) is 23.5 Å². The highest BCUT2D eigenvalue weighted by atomic mass is 32.2. The van der Waals surface area contributed by atoms with Crippen molar-refractivity contribution in [3.63, 3.8) is 0 Å². The highest BCUT2D eigenvalue weighted by molar-refractivity contribution is 8.00. The van der Waals surface area contributed by atoms with E-state index >= 15 is 0 Å². The van der Waals surface area contributed by atoms with Crippen molar-refractivity contribution in [1.82, 2.24) is 0 Å². The first kappa shape index (κ1) is 18.7. The molecule has 1 fully saturated rings. The molecule has 0 N–H and O–H groups in total. The lowest BCUT2D eigenvalue weighted by Crippen LogP contribution is -2.16. The molecule has 1 heterocycles. The summed E-state index contributed by atoms with van der Waals surface area (Å²) in [6, 6.07) is 0. The first-order valence-electron chi connectivity index (χ1n) is 8.28.